The van der Waals surface area contributed by atoms with Gasteiger partial charge < -0.3 is 14.8 Å². The van der Waals surface area contributed by atoms with E-state index in [1.165, 1.54) is 43.0 Å². The van der Waals surface area contributed by atoms with Crippen molar-refractivity contribution >= 4 is 29.2 Å². The van der Waals surface area contributed by atoms with Crippen molar-refractivity contribution in [2.24, 2.45) is 0 Å². The molecule has 0 aliphatic rings. The molecule has 9 heteroatoms. The fourth-order valence-electron chi connectivity index (χ4n) is 2.31. The summed E-state index contributed by atoms with van der Waals surface area (Å²) >= 11 is 0. The maximum atomic E-state index is 12.4. The molecule has 0 saturated heterocycles. The third kappa shape index (κ3) is 3.36. The minimum atomic E-state index is -0.650. The van der Waals surface area contributed by atoms with Crippen LogP contribution in [-0.4, -0.2) is 46.7 Å². The number of fused-ring (bicyclic) bond motifs is 1. The molecular weight excluding hydrogens is 340 g/mol. The van der Waals surface area contributed by atoms with E-state index in [2.05, 4.69) is 24.9 Å². The first-order valence-electron chi connectivity index (χ1n) is 7.45. The number of anilines is 1. The number of rotatable bonds is 4. The van der Waals surface area contributed by atoms with Crippen LogP contribution in [0.15, 0.2) is 42.7 Å². The Kier molecular flexibility index (Phi) is 4.61. The van der Waals surface area contributed by atoms with E-state index in [1.807, 2.05) is 0 Å². The van der Waals surface area contributed by atoms with Crippen LogP contribution in [0.4, 0.5) is 5.69 Å². The number of carbonyl (C=O) groups is 3. The molecule has 0 atom stereocenters. The lowest BCUT2D eigenvalue weighted by atomic mass is 10.1. The second kappa shape index (κ2) is 7.01. The molecule has 1 aromatic carbocycles. The summed E-state index contributed by atoms with van der Waals surface area (Å²) in [6.07, 6.45) is 3.24. The molecule has 0 spiro atoms. The third-order valence-corrected chi connectivity index (χ3v) is 3.50. The van der Waals surface area contributed by atoms with E-state index in [4.69, 9.17) is 0 Å². The Bertz CT molecular complexity index is 944. The van der Waals surface area contributed by atoms with Gasteiger partial charge in [-0.15, -0.1) is 0 Å². The molecule has 0 saturated carbocycles. The van der Waals surface area contributed by atoms with E-state index in [-0.39, 0.29) is 22.5 Å². The summed E-state index contributed by atoms with van der Waals surface area (Å²) in [7, 11) is 2.43. The lowest BCUT2D eigenvalue weighted by Gasteiger charge is -2.08. The van der Waals surface area contributed by atoms with Gasteiger partial charge in [0.1, 0.15) is 0 Å². The molecule has 3 rings (SSSR count). The topological polar surface area (TPSA) is 112 Å². The van der Waals surface area contributed by atoms with Gasteiger partial charge >= 0.3 is 11.9 Å². The molecule has 26 heavy (non-hydrogen) atoms. The Hall–Kier alpha value is -3.75. The van der Waals surface area contributed by atoms with Crippen molar-refractivity contribution in [2.45, 2.75) is 0 Å². The minimum Gasteiger partial charge on any atom is -0.465 e. The average molecular weight is 354 g/mol. The van der Waals surface area contributed by atoms with Gasteiger partial charge in [-0.05, 0) is 24.3 Å². The van der Waals surface area contributed by atoms with E-state index in [1.54, 1.807) is 18.5 Å². The van der Waals surface area contributed by atoms with Crippen LogP contribution in [0.5, 0.6) is 0 Å². The molecule has 0 aliphatic heterocycles. The van der Waals surface area contributed by atoms with Gasteiger partial charge in [-0.1, -0.05) is 0 Å². The van der Waals surface area contributed by atoms with E-state index in [0.29, 0.717) is 5.65 Å². The van der Waals surface area contributed by atoms with Gasteiger partial charge in [0.15, 0.2) is 11.3 Å². The minimum absolute atomic E-state index is 0.0994. The molecule has 2 aromatic heterocycles. The summed E-state index contributed by atoms with van der Waals surface area (Å²) in [5.41, 5.74) is 1.07. The van der Waals surface area contributed by atoms with Crippen LogP contribution < -0.4 is 5.32 Å². The van der Waals surface area contributed by atoms with Crippen LogP contribution in [0.1, 0.15) is 31.2 Å². The SMILES string of the molecule is COC(=O)c1cc(NC(=O)c2cc3ncccn3n2)cc(C(=O)OC)c1. The van der Waals surface area contributed by atoms with Crippen molar-refractivity contribution in [3.8, 4) is 0 Å². The molecule has 0 unspecified atom stereocenters. The first-order valence-corrected chi connectivity index (χ1v) is 7.45. The van der Waals surface area contributed by atoms with Crippen molar-refractivity contribution in [1.29, 1.82) is 0 Å². The third-order valence-electron chi connectivity index (χ3n) is 3.50. The Labute approximate surface area is 147 Å². The summed E-state index contributed by atoms with van der Waals surface area (Å²) in [5.74, 6) is -1.82. The lowest BCUT2D eigenvalue weighted by molar-refractivity contribution is 0.0599. The molecule has 1 N–H and O–H groups in total. The van der Waals surface area contributed by atoms with Gasteiger partial charge in [0.05, 0.1) is 25.3 Å². The molecule has 2 heterocycles. The second-order valence-electron chi connectivity index (χ2n) is 5.19. The number of amides is 1. The summed E-state index contributed by atoms with van der Waals surface area (Å²) < 4.78 is 10.8. The quantitative estimate of drug-likeness (QED) is 0.708. The van der Waals surface area contributed by atoms with Gasteiger partial charge in [-0.3, -0.25) is 4.79 Å². The Balaban J connectivity index is 1.93. The molecule has 0 fully saturated rings. The fourth-order valence-corrected chi connectivity index (χ4v) is 2.31. The highest BCUT2D eigenvalue weighted by Crippen LogP contribution is 2.18. The number of aromatic nitrogens is 3. The maximum Gasteiger partial charge on any atom is 0.337 e. The normalized spacial score (nSPS) is 10.4. The summed E-state index contributed by atoms with van der Waals surface area (Å²) in [6.45, 7) is 0. The van der Waals surface area contributed by atoms with E-state index >= 15 is 0 Å². The molecule has 132 valence electrons. The van der Waals surface area contributed by atoms with Gasteiger partial charge in [0, 0.05) is 24.1 Å². The molecule has 0 bridgehead atoms. The van der Waals surface area contributed by atoms with Crippen LogP contribution in [0.3, 0.4) is 0 Å². The van der Waals surface area contributed by atoms with Crippen LogP contribution in [0.2, 0.25) is 0 Å². The number of hydrogen-bond acceptors (Lipinski definition) is 7. The maximum absolute atomic E-state index is 12.4. The first-order chi connectivity index (χ1) is 12.5. The predicted octanol–water partition coefficient (Wildman–Crippen LogP) is 1.55. The Morgan fingerprint density at radius 2 is 1.65 bits per heavy atom. The van der Waals surface area contributed by atoms with E-state index in [9.17, 15) is 14.4 Å². The molecule has 0 radical (unpaired) electrons. The van der Waals surface area contributed by atoms with Crippen molar-refractivity contribution in [3.05, 3.63) is 59.5 Å². The lowest BCUT2D eigenvalue weighted by Crippen LogP contribution is -2.15. The molecule has 3 aromatic rings. The average Bonchev–Trinajstić information content (AvgIpc) is 3.10. The largest absolute Gasteiger partial charge is 0.465 e. The summed E-state index contributed by atoms with van der Waals surface area (Å²) in [6, 6.07) is 7.31. The van der Waals surface area contributed by atoms with Crippen molar-refractivity contribution in [2.75, 3.05) is 19.5 Å². The number of carbonyl (C=O) groups excluding carboxylic acids is 3. The Morgan fingerprint density at radius 3 is 2.23 bits per heavy atom. The molecule has 1 amide bonds. The highest BCUT2D eigenvalue weighted by atomic mass is 16.5. The van der Waals surface area contributed by atoms with Crippen LogP contribution in [-0.2, 0) is 9.47 Å². The monoisotopic (exact) mass is 354 g/mol. The zero-order valence-corrected chi connectivity index (χ0v) is 13.9. The number of ether oxygens (including phenoxy) is 2. The van der Waals surface area contributed by atoms with Crippen LogP contribution >= 0.6 is 0 Å². The fraction of sp³-hybridized carbons (Fsp3) is 0.118. The van der Waals surface area contributed by atoms with E-state index in [0.717, 1.165) is 0 Å². The summed E-state index contributed by atoms with van der Waals surface area (Å²) in [5, 5.41) is 6.71. The molecule has 0 aliphatic carbocycles. The van der Waals surface area contributed by atoms with E-state index < -0.39 is 17.8 Å². The second-order valence-corrected chi connectivity index (χ2v) is 5.19. The highest BCUT2D eigenvalue weighted by molar-refractivity contribution is 6.05. The van der Waals surface area contributed by atoms with Crippen LogP contribution in [0, 0.1) is 0 Å². The number of benzene rings is 1. The first kappa shape index (κ1) is 17.1. The van der Waals surface area contributed by atoms with Crippen molar-refractivity contribution in [1.82, 2.24) is 14.6 Å². The Morgan fingerprint density at radius 1 is 1.00 bits per heavy atom. The highest BCUT2D eigenvalue weighted by Gasteiger charge is 2.17. The standard InChI is InChI=1S/C17H14N4O5/c1-25-16(23)10-6-11(17(24)26-2)8-12(7-10)19-15(22)13-9-14-18-4-3-5-21(14)20-13/h3-9H,1-2H3,(H,19,22). The zero-order valence-electron chi connectivity index (χ0n) is 13.9. The van der Waals surface area contributed by atoms with Gasteiger partial charge in [0.25, 0.3) is 5.91 Å². The smallest absolute Gasteiger partial charge is 0.337 e. The zero-order chi connectivity index (χ0) is 18.7. The van der Waals surface area contributed by atoms with Gasteiger partial charge in [-0.2, -0.15) is 5.10 Å². The number of nitrogens with one attached hydrogen (secondary N) is 1. The van der Waals surface area contributed by atoms with Gasteiger partial charge in [-0.25, -0.2) is 19.1 Å². The number of esters is 2. The number of nitrogens with zero attached hydrogens (tertiary/aromatic N) is 3. The predicted molar refractivity (Wildman–Crippen MR) is 90.1 cm³/mol. The molecule has 9 nitrogen and oxygen atoms in total. The van der Waals surface area contributed by atoms with Crippen molar-refractivity contribution in [3.63, 3.8) is 0 Å². The number of hydrogen-bond donors (Lipinski definition) is 1. The summed E-state index contributed by atoms with van der Waals surface area (Å²) in [4.78, 5) is 40.1. The van der Waals surface area contributed by atoms with Crippen molar-refractivity contribution < 1.29 is 23.9 Å². The van der Waals surface area contributed by atoms with Gasteiger partial charge in [0.2, 0.25) is 0 Å². The number of methoxy groups -OCH3 is 2. The molecular formula is C17H14N4O5. The van der Waals surface area contributed by atoms with Crippen LogP contribution in [0.25, 0.3) is 5.65 Å².